The van der Waals surface area contributed by atoms with Gasteiger partial charge in [0.1, 0.15) is 0 Å². The SMILES string of the molecule is CCNC(c1cc(Br)sc1Br)C1CC1C. The van der Waals surface area contributed by atoms with Gasteiger partial charge in [0.05, 0.1) is 7.57 Å². The van der Waals surface area contributed by atoms with Crippen molar-refractivity contribution in [3.8, 4) is 0 Å². The number of hydrogen-bond acceptors (Lipinski definition) is 2. The van der Waals surface area contributed by atoms with Gasteiger partial charge in [0.15, 0.2) is 0 Å². The van der Waals surface area contributed by atoms with Crippen molar-refractivity contribution in [2.75, 3.05) is 6.54 Å². The normalized spacial score (nSPS) is 26.7. The maximum absolute atomic E-state index is 3.65. The minimum Gasteiger partial charge on any atom is -0.310 e. The van der Waals surface area contributed by atoms with Crippen LogP contribution in [0.4, 0.5) is 0 Å². The van der Waals surface area contributed by atoms with E-state index in [4.69, 9.17) is 0 Å². The monoisotopic (exact) mass is 351 g/mol. The molecule has 1 fully saturated rings. The Morgan fingerprint density at radius 3 is 2.67 bits per heavy atom. The molecule has 0 aromatic carbocycles. The summed E-state index contributed by atoms with van der Waals surface area (Å²) in [5.41, 5.74) is 1.42. The molecule has 0 radical (unpaired) electrons. The predicted molar refractivity (Wildman–Crippen MR) is 73.4 cm³/mol. The van der Waals surface area contributed by atoms with Crippen LogP contribution in [0.15, 0.2) is 13.6 Å². The van der Waals surface area contributed by atoms with E-state index in [-0.39, 0.29) is 0 Å². The number of nitrogens with one attached hydrogen (secondary N) is 1. The zero-order chi connectivity index (χ0) is 11.0. The topological polar surface area (TPSA) is 12.0 Å². The second kappa shape index (κ2) is 4.86. The van der Waals surface area contributed by atoms with E-state index in [0.29, 0.717) is 6.04 Å². The van der Waals surface area contributed by atoms with Crippen LogP contribution < -0.4 is 5.32 Å². The first kappa shape index (κ1) is 12.1. The van der Waals surface area contributed by atoms with Gasteiger partial charge in [0.2, 0.25) is 0 Å². The number of hydrogen-bond donors (Lipinski definition) is 1. The van der Waals surface area contributed by atoms with E-state index < -0.39 is 0 Å². The van der Waals surface area contributed by atoms with Crippen LogP contribution in [0.5, 0.6) is 0 Å². The molecule has 0 amide bonds. The van der Waals surface area contributed by atoms with E-state index in [0.717, 1.165) is 18.4 Å². The van der Waals surface area contributed by atoms with E-state index in [9.17, 15) is 0 Å². The molecule has 1 nitrogen and oxygen atoms in total. The molecule has 2 rings (SSSR count). The largest absolute Gasteiger partial charge is 0.310 e. The Morgan fingerprint density at radius 2 is 2.27 bits per heavy atom. The minimum atomic E-state index is 0.530. The molecule has 0 saturated heterocycles. The summed E-state index contributed by atoms with van der Waals surface area (Å²) in [5, 5.41) is 3.60. The lowest BCUT2D eigenvalue weighted by Crippen LogP contribution is -2.23. The van der Waals surface area contributed by atoms with E-state index in [2.05, 4.69) is 57.1 Å². The van der Waals surface area contributed by atoms with Crippen LogP contribution >= 0.6 is 43.2 Å². The van der Waals surface area contributed by atoms with Crippen molar-refractivity contribution in [2.45, 2.75) is 26.3 Å². The van der Waals surface area contributed by atoms with Crippen molar-refractivity contribution in [1.82, 2.24) is 5.32 Å². The summed E-state index contributed by atoms with van der Waals surface area (Å²) >= 11 is 8.96. The highest BCUT2D eigenvalue weighted by Crippen LogP contribution is 2.49. The first-order valence-electron chi connectivity index (χ1n) is 5.31. The molecule has 0 aliphatic heterocycles. The van der Waals surface area contributed by atoms with Crippen LogP contribution in [0, 0.1) is 11.8 Å². The molecule has 0 spiro atoms. The average Bonchev–Trinajstić information content (AvgIpc) is 2.78. The zero-order valence-corrected chi connectivity index (χ0v) is 12.9. The number of thiophene rings is 1. The van der Waals surface area contributed by atoms with Crippen LogP contribution in [0.2, 0.25) is 0 Å². The fourth-order valence-corrected chi connectivity index (χ4v) is 5.02. The lowest BCUT2D eigenvalue weighted by molar-refractivity contribution is 0.475. The van der Waals surface area contributed by atoms with Gasteiger partial charge in [-0.2, -0.15) is 0 Å². The van der Waals surface area contributed by atoms with Crippen molar-refractivity contribution >= 4 is 43.2 Å². The molecule has 1 aromatic heterocycles. The second-order valence-corrected chi connectivity index (χ2v) is 7.94. The quantitative estimate of drug-likeness (QED) is 0.836. The van der Waals surface area contributed by atoms with Gasteiger partial charge in [0, 0.05) is 6.04 Å². The fourth-order valence-electron chi connectivity index (χ4n) is 2.09. The summed E-state index contributed by atoms with van der Waals surface area (Å²) in [5.74, 6) is 1.70. The predicted octanol–water partition coefficient (Wildman–Crippen LogP) is 4.58. The third-order valence-electron chi connectivity index (χ3n) is 3.04. The van der Waals surface area contributed by atoms with Crippen molar-refractivity contribution in [3.63, 3.8) is 0 Å². The van der Waals surface area contributed by atoms with Gasteiger partial charge in [-0.3, -0.25) is 0 Å². The molecule has 1 saturated carbocycles. The van der Waals surface area contributed by atoms with Crippen LogP contribution in [0.25, 0.3) is 0 Å². The third kappa shape index (κ3) is 2.65. The van der Waals surface area contributed by atoms with E-state index in [1.165, 1.54) is 19.6 Å². The highest BCUT2D eigenvalue weighted by Gasteiger charge is 2.40. The van der Waals surface area contributed by atoms with Gasteiger partial charge in [-0.25, -0.2) is 0 Å². The minimum absolute atomic E-state index is 0.530. The molecule has 1 aliphatic rings. The van der Waals surface area contributed by atoms with Crippen LogP contribution in [-0.4, -0.2) is 6.54 Å². The van der Waals surface area contributed by atoms with Crippen molar-refractivity contribution in [3.05, 3.63) is 19.2 Å². The summed E-state index contributed by atoms with van der Waals surface area (Å²) in [6.45, 7) is 5.55. The van der Waals surface area contributed by atoms with E-state index in [1.807, 2.05) is 0 Å². The molecule has 4 heteroatoms. The Hall–Kier alpha value is 0.620. The summed E-state index contributed by atoms with van der Waals surface area (Å²) in [4.78, 5) is 0. The van der Waals surface area contributed by atoms with Crippen molar-refractivity contribution in [2.24, 2.45) is 11.8 Å². The zero-order valence-electron chi connectivity index (χ0n) is 8.89. The van der Waals surface area contributed by atoms with Gasteiger partial charge in [-0.1, -0.05) is 13.8 Å². The molecule has 3 unspecified atom stereocenters. The summed E-state index contributed by atoms with van der Waals surface area (Å²) in [6, 6.07) is 2.77. The number of rotatable bonds is 4. The Kier molecular flexibility index (Phi) is 3.92. The molecule has 1 N–H and O–H groups in total. The Bertz CT molecular complexity index is 350. The third-order valence-corrected chi connectivity index (χ3v) is 5.43. The molecule has 84 valence electrons. The van der Waals surface area contributed by atoms with Crippen molar-refractivity contribution < 1.29 is 0 Å². The van der Waals surface area contributed by atoms with E-state index >= 15 is 0 Å². The Labute approximate surface area is 112 Å². The summed E-state index contributed by atoms with van der Waals surface area (Å²) in [7, 11) is 0. The van der Waals surface area contributed by atoms with Gasteiger partial charge >= 0.3 is 0 Å². The van der Waals surface area contributed by atoms with Gasteiger partial charge in [-0.05, 0) is 68.3 Å². The lowest BCUT2D eigenvalue weighted by atomic mass is 10.0. The summed E-state index contributed by atoms with van der Waals surface area (Å²) < 4.78 is 2.47. The Morgan fingerprint density at radius 1 is 1.60 bits per heavy atom. The average molecular weight is 353 g/mol. The van der Waals surface area contributed by atoms with Gasteiger partial charge < -0.3 is 5.32 Å². The van der Waals surface area contributed by atoms with Crippen LogP contribution in [0.3, 0.4) is 0 Å². The molecule has 3 atom stereocenters. The first-order chi connectivity index (χ1) is 7.13. The van der Waals surface area contributed by atoms with Gasteiger partial charge in [0.25, 0.3) is 0 Å². The molecule has 15 heavy (non-hydrogen) atoms. The fraction of sp³-hybridized carbons (Fsp3) is 0.636. The molecular formula is C11H15Br2NS. The molecule has 1 heterocycles. The first-order valence-corrected chi connectivity index (χ1v) is 7.71. The molecular weight excluding hydrogens is 338 g/mol. The lowest BCUT2D eigenvalue weighted by Gasteiger charge is -2.17. The van der Waals surface area contributed by atoms with Gasteiger partial charge in [-0.15, -0.1) is 11.3 Å². The maximum atomic E-state index is 3.65. The molecule has 1 aliphatic carbocycles. The van der Waals surface area contributed by atoms with Crippen molar-refractivity contribution in [1.29, 1.82) is 0 Å². The highest BCUT2D eigenvalue weighted by molar-refractivity contribution is 9.12. The molecule has 0 bridgehead atoms. The Balaban J connectivity index is 2.20. The van der Waals surface area contributed by atoms with E-state index in [1.54, 1.807) is 11.3 Å². The highest BCUT2D eigenvalue weighted by atomic mass is 79.9. The smallest absolute Gasteiger partial charge is 0.0758 e. The maximum Gasteiger partial charge on any atom is 0.0758 e. The summed E-state index contributed by atoms with van der Waals surface area (Å²) in [6.07, 6.45) is 1.36. The second-order valence-electron chi connectivity index (χ2n) is 4.19. The van der Waals surface area contributed by atoms with Crippen LogP contribution in [-0.2, 0) is 0 Å². The van der Waals surface area contributed by atoms with Crippen LogP contribution in [0.1, 0.15) is 31.9 Å². The standard InChI is InChI=1S/C11H15Br2NS/c1-3-14-10(7-4-6(7)2)8-5-9(12)15-11(8)13/h5-7,10,14H,3-4H2,1-2H3. The number of halogens is 2. The molecule has 1 aromatic rings.